The number of ketones is 1. The van der Waals surface area contributed by atoms with E-state index in [0.717, 1.165) is 34.6 Å². The summed E-state index contributed by atoms with van der Waals surface area (Å²) in [5.41, 5.74) is 6.15. The van der Waals surface area contributed by atoms with Crippen LogP contribution in [0, 0.1) is 5.41 Å². The molecule has 2 aliphatic rings. The lowest BCUT2D eigenvalue weighted by Crippen LogP contribution is -2.33. The summed E-state index contributed by atoms with van der Waals surface area (Å²) in [6.45, 7) is 4.73. The number of ether oxygens (including phenoxy) is 1. The number of allylic oxidation sites excluding steroid dienone is 1. The summed E-state index contributed by atoms with van der Waals surface area (Å²) in [5.74, 6) is 0.960. The van der Waals surface area contributed by atoms with Gasteiger partial charge in [0.15, 0.2) is 5.78 Å². The lowest BCUT2D eigenvalue weighted by Gasteiger charge is -2.40. The number of rotatable bonds is 4. The second-order valence-corrected chi connectivity index (χ2v) is 11.6. The van der Waals surface area contributed by atoms with Crippen molar-refractivity contribution in [1.82, 2.24) is 0 Å². The molecule has 1 aliphatic heterocycles. The number of carbonyl (C=O) groups is 1. The maximum Gasteiger partial charge on any atom is 0.162 e. The fourth-order valence-corrected chi connectivity index (χ4v) is 6.11. The van der Waals surface area contributed by atoms with Crippen molar-refractivity contribution in [3.63, 3.8) is 0 Å². The second-order valence-electron chi connectivity index (χ2n) is 10.7. The summed E-state index contributed by atoms with van der Waals surface area (Å²) in [6, 6.07) is 25.9. The molecule has 37 heavy (non-hydrogen) atoms. The van der Waals surface area contributed by atoms with Crippen molar-refractivity contribution in [2.24, 2.45) is 5.41 Å². The van der Waals surface area contributed by atoms with Gasteiger partial charge in [0, 0.05) is 38.9 Å². The molecule has 1 atom stereocenters. The number of hydrogen-bond acceptors (Lipinski definition) is 3. The van der Waals surface area contributed by atoms with Crippen molar-refractivity contribution < 1.29 is 9.53 Å². The molecule has 4 aromatic carbocycles. The third kappa shape index (κ3) is 4.52. The normalized spacial score (nSPS) is 18.3. The van der Waals surface area contributed by atoms with Gasteiger partial charge in [-0.05, 0) is 64.1 Å². The summed E-state index contributed by atoms with van der Waals surface area (Å²) in [6.07, 6.45) is 1.42. The van der Waals surface area contributed by atoms with Gasteiger partial charge in [0.25, 0.3) is 0 Å². The van der Waals surface area contributed by atoms with Gasteiger partial charge in [-0.3, -0.25) is 4.79 Å². The van der Waals surface area contributed by atoms with Gasteiger partial charge in [-0.1, -0.05) is 85.6 Å². The molecule has 4 aromatic rings. The predicted octanol–water partition coefficient (Wildman–Crippen LogP) is 9.04. The number of anilines is 1. The first-order valence-electron chi connectivity index (χ1n) is 12.5. The van der Waals surface area contributed by atoms with Gasteiger partial charge in [0.05, 0.1) is 6.04 Å². The highest BCUT2D eigenvalue weighted by Gasteiger charge is 2.40. The molecule has 0 fully saturated rings. The molecular formula is C32H27Cl2NO2. The maximum atomic E-state index is 13.6. The fraction of sp³-hybridized carbons (Fsp3) is 0.219. The molecule has 0 saturated carbocycles. The average molecular weight is 528 g/mol. The van der Waals surface area contributed by atoms with Crippen LogP contribution in [-0.4, -0.2) is 5.78 Å². The standard InChI is InChI=1S/C32H27Cl2NO2/c1-32(2)16-25-29-24-6-4-3-5-19(24)10-14-27(29)35-31(30(25)28(36)17-32)20-8-12-23(13-9-20)37-18-21-7-11-22(33)15-26(21)34/h3-15,31,35H,16-18H2,1-2H3/t31-/m0/s1. The van der Waals surface area contributed by atoms with Crippen LogP contribution in [-0.2, 0) is 11.4 Å². The molecule has 3 nitrogen and oxygen atoms in total. The SMILES string of the molecule is CC1(C)CC(=O)C2=C(C1)c1c(ccc3ccccc13)N[C@H]2c1ccc(OCc2ccc(Cl)cc2Cl)cc1. The molecule has 0 amide bonds. The summed E-state index contributed by atoms with van der Waals surface area (Å²) in [5, 5.41) is 7.26. The quantitative estimate of drug-likeness (QED) is 0.287. The first kappa shape index (κ1) is 24.1. The zero-order valence-corrected chi connectivity index (χ0v) is 22.3. The van der Waals surface area contributed by atoms with Crippen molar-refractivity contribution in [1.29, 1.82) is 0 Å². The highest BCUT2D eigenvalue weighted by molar-refractivity contribution is 6.35. The van der Waals surface area contributed by atoms with Gasteiger partial charge in [0.1, 0.15) is 12.4 Å². The Kier molecular flexibility index (Phi) is 6.01. The minimum Gasteiger partial charge on any atom is -0.489 e. The second kappa shape index (κ2) is 9.24. The Morgan fingerprint density at radius 1 is 0.946 bits per heavy atom. The van der Waals surface area contributed by atoms with Gasteiger partial charge in [-0.25, -0.2) is 0 Å². The molecule has 0 aromatic heterocycles. The molecule has 1 heterocycles. The molecule has 0 saturated heterocycles. The summed E-state index contributed by atoms with van der Waals surface area (Å²) in [7, 11) is 0. The highest BCUT2D eigenvalue weighted by atomic mass is 35.5. The van der Waals surface area contributed by atoms with Gasteiger partial charge in [0.2, 0.25) is 0 Å². The number of fused-ring (bicyclic) bond motifs is 4. The van der Waals surface area contributed by atoms with E-state index in [1.54, 1.807) is 12.1 Å². The smallest absolute Gasteiger partial charge is 0.162 e. The van der Waals surface area contributed by atoms with E-state index in [1.807, 2.05) is 30.3 Å². The molecule has 186 valence electrons. The Morgan fingerprint density at radius 2 is 1.73 bits per heavy atom. The highest BCUT2D eigenvalue weighted by Crippen LogP contribution is 2.52. The fourth-order valence-electron chi connectivity index (χ4n) is 5.64. The number of Topliss-reactive ketones (excluding diaryl/α,β-unsaturated/α-hetero) is 1. The Bertz CT molecular complexity index is 1570. The van der Waals surface area contributed by atoms with Gasteiger partial charge in [-0.2, -0.15) is 0 Å². The molecule has 1 aliphatic carbocycles. The molecule has 6 rings (SSSR count). The van der Waals surface area contributed by atoms with Crippen LogP contribution in [0.5, 0.6) is 5.75 Å². The number of nitrogens with one attached hydrogen (secondary N) is 1. The predicted molar refractivity (Wildman–Crippen MR) is 152 cm³/mol. The molecule has 0 spiro atoms. The number of hydrogen-bond donors (Lipinski definition) is 1. The largest absolute Gasteiger partial charge is 0.489 e. The van der Waals surface area contributed by atoms with Crippen LogP contribution >= 0.6 is 23.2 Å². The van der Waals surface area contributed by atoms with Crippen molar-refractivity contribution >= 4 is 51.0 Å². The van der Waals surface area contributed by atoms with Crippen LogP contribution in [0.15, 0.2) is 84.4 Å². The topological polar surface area (TPSA) is 38.3 Å². The third-order valence-corrected chi connectivity index (χ3v) is 7.95. The van der Waals surface area contributed by atoms with Gasteiger partial charge in [-0.15, -0.1) is 0 Å². The van der Waals surface area contributed by atoms with Gasteiger partial charge < -0.3 is 10.1 Å². The first-order valence-corrected chi connectivity index (χ1v) is 13.3. The van der Waals surface area contributed by atoms with E-state index in [0.29, 0.717) is 23.1 Å². The van der Waals surface area contributed by atoms with E-state index in [1.165, 1.54) is 21.9 Å². The maximum absolute atomic E-state index is 13.6. The van der Waals surface area contributed by atoms with Crippen LogP contribution < -0.4 is 10.1 Å². The Labute approximate surface area is 227 Å². The lowest BCUT2D eigenvalue weighted by atomic mass is 9.68. The van der Waals surface area contributed by atoms with Crippen LogP contribution in [0.25, 0.3) is 16.3 Å². The van der Waals surface area contributed by atoms with Crippen LogP contribution in [0.2, 0.25) is 10.0 Å². The van der Waals surface area contributed by atoms with Crippen molar-refractivity contribution in [3.05, 3.63) is 111 Å². The number of carbonyl (C=O) groups excluding carboxylic acids is 1. The minimum absolute atomic E-state index is 0.0767. The van der Waals surface area contributed by atoms with Crippen LogP contribution in [0.3, 0.4) is 0 Å². The van der Waals surface area contributed by atoms with Crippen LogP contribution in [0.4, 0.5) is 5.69 Å². The van der Waals surface area contributed by atoms with Crippen molar-refractivity contribution in [3.8, 4) is 5.75 Å². The monoisotopic (exact) mass is 527 g/mol. The van der Waals surface area contributed by atoms with E-state index < -0.39 is 0 Å². The summed E-state index contributed by atoms with van der Waals surface area (Å²) in [4.78, 5) is 13.6. The van der Waals surface area contributed by atoms with E-state index in [4.69, 9.17) is 27.9 Å². The summed E-state index contributed by atoms with van der Waals surface area (Å²) >= 11 is 12.3. The number of halogens is 2. The molecule has 1 N–H and O–H groups in total. The van der Waals surface area contributed by atoms with Crippen molar-refractivity contribution in [2.75, 3.05) is 5.32 Å². The van der Waals surface area contributed by atoms with Crippen molar-refractivity contribution in [2.45, 2.75) is 39.3 Å². The molecule has 0 unspecified atom stereocenters. The third-order valence-electron chi connectivity index (χ3n) is 7.36. The molecule has 5 heteroatoms. The van der Waals surface area contributed by atoms with E-state index in [2.05, 4.69) is 55.6 Å². The Balaban J connectivity index is 1.35. The lowest BCUT2D eigenvalue weighted by molar-refractivity contribution is -0.118. The molecule has 0 radical (unpaired) electrons. The van der Waals surface area contributed by atoms with E-state index in [-0.39, 0.29) is 17.2 Å². The van der Waals surface area contributed by atoms with E-state index in [9.17, 15) is 4.79 Å². The minimum atomic E-state index is -0.202. The summed E-state index contributed by atoms with van der Waals surface area (Å²) < 4.78 is 5.99. The Morgan fingerprint density at radius 3 is 2.51 bits per heavy atom. The molecular weight excluding hydrogens is 501 g/mol. The van der Waals surface area contributed by atoms with Gasteiger partial charge >= 0.3 is 0 Å². The zero-order chi connectivity index (χ0) is 25.7. The first-order chi connectivity index (χ1) is 17.8. The zero-order valence-electron chi connectivity index (χ0n) is 20.8. The van der Waals surface area contributed by atoms with Crippen LogP contribution in [0.1, 0.15) is 49.4 Å². The molecule has 0 bridgehead atoms. The Hall–Kier alpha value is -3.27. The van der Waals surface area contributed by atoms with E-state index >= 15 is 0 Å². The number of benzene rings is 4. The average Bonchev–Trinajstić information content (AvgIpc) is 2.87.